The van der Waals surface area contributed by atoms with E-state index in [9.17, 15) is 9.50 Å². The molecule has 0 amide bonds. The maximum absolute atomic E-state index is 15.1. The van der Waals surface area contributed by atoms with Crippen molar-refractivity contribution in [2.75, 3.05) is 26.4 Å². The topological polar surface area (TPSA) is 169 Å². The third kappa shape index (κ3) is 5.50. The first-order valence-electron chi connectivity index (χ1n) is 16.8. The smallest absolute Gasteiger partial charge is 0.283 e. The van der Waals surface area contributed by atoms with Crippen molar-refractivity contribution in [3.63, 3.8) is 0 Å². The van der Waals surface area contributed by atoms with Crippen molar-refractivity contribution in [1.29, 1.82) is 0 Å². The Bertz CT molecular complexity index is 2460. The van der Waals surface area contributed by atoms with Crippen molar-refractivity contribution in [3.05, 3.63) is 129 Å². The molecule has 12 nitrogen and oxygen atoms in total. The molecule has 5 aliphatic rings. The number of aliphatic imine (C=N–C) groups is 2. The van der Waals surface area contributed by atoms with Gasteiger partial charge in [-0.3, -0.25) is 0 Å². The van der Waals surface area contributed by atoms with Crippen molar-refractivity contribution < 1.29 is 37.6 Å². The first-order chi connectivity index (χ1) is 26.1. The molecule has 5 N–H and O–H groups in total. The van der Waals surface area contributed by atoms with Gasteiger partial charge < -0.3 is 40.3 Å². The van der Waals surface area contributed by atoms with Gasteiger partial charge >= 0.3 is 0 Å². The highest BCUT2D eigenvalue weighted by Gasteiger charge is 2.49. The van der Waals surface area contributed by atoms with E-state index in [1.165, 1.54) is 24.0 Å². The standard InChI is InChI=1S/C24H19FN4O3.C15H10BrFN2O3/c25-20-9-22-19(8-17(20)16-10-27-13-28-11-16)24(12-31-23(26)29-24)18-7-15(1-2-21(18)32-22)14-3-5-30-6-4-14;16-7-1-2-12-8(3-7)15(6-21-14(18)19-15)9-4-11(20)10(17)5-13(9)22-12/h1-3,7-11,13H,4-6,12H2,(H2,26,29);1-5,20H,6H2,(H2,18,19)/t24-;15-/m11/s1. The van der Waals surface area contributed by atoms with Crippen LogP contribution >= 0.6 is 15.9 Å². The summed E-state index contributed by atoms with van der Waals surface area (Å²) >= 11 is 3.42. The van der Waals surface area contributed by atoms with E-state index >= 15 is 4.39 Å². The third-order valence-corrected chi connectivity index (χ3v) is 10.4. The maximum atomic E-state index is 15.1. The summed E-state index contributed by atoms with van der Waals surface area (Å²) < 4.78 is 57.9. The lowest BCUT2D eigenvalue weighted by Crippen LogP contribution is -2.31. The fourth-order valence-electron chi connectivity index (χ4n) is 7.36. The van der Waals surface area contributed by atoms with Gasteiger partial charge in [0, 0.05) is 62.4 Å². The molecule has 54 heavy (non-hydrogen) atoms. The summed E-state index contributed by atoms with van der Waals surface area (Å²) in [7, 11) is 0. The summed E-state index contributed by atoms with van der Waals surface area (Å²) in [5.74, 6) is 0.153. The maximum Gasteiger partial charge on any atom is 0.283 e. The van der Waals surface area contributed by atoms with Crippen LogP contribution in [0.4, 0.5) is 8.78 Å². The highest BCUT2D eigenvalue weighted by Crippen LogP contribution is 2.54. The van der Waals surface area contributed by atoms with Gasteiger partial charge in [-0.15, -0.1) is 0 Å². The Kier molecular flexibility index (Phi) is 8.01. The zero-order chi connectivity index (χ0) is 37.2. The lowest BCUT2D eigenvalue weighted by Gasteiger charge is -2.34. The fourth-order valence-corrected chi connectivity index (χ4v) is 7.72. The van der Waals surface area contributed by atoms with Crippen LogP contribution in [0.25, 0.3) is 16.7 Å². The minimum absolute atomic E-state index is 0.0441. The zero-order valence-electron chi connectivity index (χ0n) is 28.2. The van der Waals surface area contributed by atoms with Crippen molar-refractivity contribution in [3.8, 4) is 39.9 Å². The van der Waals surface area contributed by atoms with Crippen LogP contribution in [-0.4, -0.2) is 53.5 Å². The molecule has 15 heteroatoms. The molecule has 0 fully saturated rings. The predicted molar refractivity (Wildman–Crippen MR) is 196 cm³/mol. The van der Waals surface area contributed by atoms with E-state index in [4.69, 9.17) is 40.1 Å². The molecule has 5 aromatic rings. The molecule has 2 atom stereocenters. The molecular formula is C39H29BrF2N6O6. The molecule has 1 aromatic heterocycles. The minimum Gasteiger partial charge on any atom is -0.505 e. The largest absolute Gasteiger partial charge is 0.505 e. The number of phenols is 1. The van der Waals surface area contributed by atoms with E-state index < -0.39 is 28.5 Å². The number of amidine groups is 2. The number of nitrogens with zero attached hydrogens (tertiary/aromatic N) is 4. The van der Waals surface area contributed by atoms with Crippen LogP contribution in [0.15, 0.2) is 99.9 Å². The number of fused-ring (bicyclic) bond motifs is 8. The number of ether oxygens (including phenoxy) is 5. The molecule has 0 radical (unpaired) electrons. The average Bonchev–Trinajstić information content (AvgIpc) is 3.77. The monoisotopic (exact) mass is 794 g/mol. The summed E-state index contributed by atoms with van der Waals surface area (Å²) in [5.41, 5.74) is 15.7. The number of hydrogen-bond donors (Lipinski definition) is 3. The summed E-state index contributed by atoms with van der Waals surface area (Å²) in [6.45, 7) is 1.63. The van der Waals surface area contributed by atoms with Gasteiger partial charge in [0.1, 0.15) is 48.4 Å². The molecule has 6 heterocycles. The van der Waals surface area contributed by atoms with Gasteiger partial charge in [-0.1, -0.05) is 28.1 Å². The van der Waals surface area contributed by atoms with Crippen molar-refractivity contribution in [2.45, 2.75) is 17.5 Å². The second-order valence-electron chi connectivity index (χ2n) is 13.1. The SMILES string of the molecule is NC1=N[C@]2(CO1)c1cc(Br)ccc1Oc1cc(F)c(O)cc12.NC1=N[C@]2(CO1)c1cc(C3=CCOCC3)ccc1Oc1cc(F)c(-c3cncnc3)cc12. The predicted octanol–water partition coefficient (Wildman–Crippen LogP) is 6.77. The van der Waals surface area contributed by atoms with Gasteiger partial charge in [-0.2, -0.15) is 0 Å². The Balaban J connectivity index is 0.000000153. The lowest BCUT2D eigenvalue weighted by atomic mass is 9.79. The highest BCUT2D eigenvalue weighted by molar-refractivity contribution is 9.10. The van der Waals surface area contributed by atoms with Crippen LogP contribution in [0, 0.1) is 11.6 Å². The number of aromatic hydroxyl groups is 1. The van der Waals surface area contributed by atoms with Gasteiger partial charge in [0.2, 0.25) is 0 Å². The average molecular weight is 796 g/mol. The molecule has 5 aliphatic heterocycles. The Hall–Kier alpha value is -6.06. The van der Waals surface area contributed by atoms with E-state index in [0.29, 0.717) is 52.7 Å². The molecule has 0 saturated heterocycles. The van der Waals surface area contributed by atoms with Gasteiger partial charge in [0.05, 0.1) is 13.2 Å². The third-order valence-electron chi connectivity index (χ3n) is 9.93. The first kappa shape index (κ1) is 33.8. The van der Waals surface area contributed by atoms with Crippen molar-refractivity contribution in [1.82, 2.24) is 9.97 Å². The van der Waals surface area contributed by atoms with Crippen LogP contribution in [0.3, 0.4) is 0 Å². The number of rotatable bonds is 2. The molecule has 0 aliphatic carbocycles. The molecule has 0 bridgehead atoms. The second kappa shape index (κ2) is 12.8. The summed E-state index contributed by atoms with van der Waals surface area (Å²) in [6.07, 6.45) is 7.46. The Morgan fingerprint density at radius 3 is 1.94 bits per heavy atom. The van der Waals surface area contributed by atoms with Gasteiger partial charge in [-0.05, 0) is 60.0 Å². The van der Waals surface area contributed by atoms with Crippen LogP contribution < -0.4 is 20.9 Å². The Morgan fingerprint density at radius 2 is 1.31 bits per heavy atom. The Morgan fingerprint density at radius 1 is 0.704 bits per heavy atom. The summed E-state index contributed by atoms with van der Waals surface area (Å²) in [6, 6.07) is 17.1. The molecular weight excluding hydrogens is 766 g/mol. The number of benzene rings is 4. The van der Waals surface area contributed by atoms with E-state index in [-0.39, 0.29) is 31.0 Å². The number of halogens is 3. The molecule has 0 saturated carbocycles. The van der Waals surface area contributed by atoms with E-state index in [1.807, 2.05) is 24.3 Å². The van der Waals surface area contributed by atoms with Crippen LogP contribution in [0.1, 0.15) is 34.2 Å². The second-order valence-corrected chi connectivity index (χ2v) is 14.0. The number of nitrogens with two attached hydrogens (primary N) is 2. The minimum atomic E-state index is -0.956. The van der Waals surface area contributed by atoms with E-state index in [2.05, 4.69) is 43.0 Å². The van der Waals surface area contributed by atoms with Crippen LogP contribution in [0.5, 0.6) is 28.7 Å². The normalized spacial score (nSPS) is 21.4. The number of phenolic OH excluding ortho intramolecular Hbond substituents is 1. The van der Waals surface area contributed by atoms with Crippen LogP contribution in [0.2, 0.25) is 0 Å². The fraction of sp³-hybridized carbons (Fsp3) is 0.179. The number of hydrogen-bond acceptors (Lipinski definition) is 12. The molecule has 10 rings (SSSR count). The van der Waals surface area contributed by atoms with E-state index in [1.54, 1.807) is 24.5 Å². The molecule has 0 unspecified atom stereocenters. The van der Waals surface area contributed by atoms with E-state index in [0.717, 1.165) is 33.7 Å². The van der Waals surface area contributed by atoms with Gasteiger partial charge in [-0.25, -0.2) is 28.7 Å². The van der Waals surface area contributed by atoms with Crippen molar-refractivity contribution >= 4 is 33.5 Å². The molecule has 2 spiro atoms. The molecule has 272 valence electrons. The summed E-state index contributed by atoms with van der Waals surface area (Å²) in [5, 5.41) is 9.73. The number of aromatic nitrogens is 2. The summed E-state index contributed by atoms with van der Waals surface area (Å²) in [4.78, 5) is 17.2. The van der Waals surface area contributed by atoms with Crippen molar-refractivity contribution in [2.24, 2.45) is 21.5 Å². The zero-order valence-corrected chi connectivity index (χ0v) is 29.8. The lowest BCUT2D eigenvalue weighted by molar-refractivity contribution is 0.161. The molecule has 4 aromatic carbocycles. The quantitative estimate of drug-likeness (QED) is 0.174. The first-order valence-corrected chi connectivity index (χ1v) is 17.6. The van der Waals surface area contributed by atoms with Gasteiger partial charge in [0.15, 0.2) is 22.6 Å². The Labute approximate surface area is 314 Å². The van der Waals surface area contributed by atoms with Gasteiger partial charge in [0.25, 0.3) is 12.0 Å². The highest BCUT2D eigenvalue weighted by atomic mass is 79.9. The van der Waals surface area contributed by atoms with Crippen LogP contribution in [-0.2, 0) is 25.3 Å².